The van der Waals surface area contributed by atoms with Gasteiger partial charge in [0.25, 0.3) is 0 Å². The van der Waals surface area contributed by atoms with Crippen LogP contribution in [0.15, 0.2) is 48.5 Å². The highest BCUT2D eigenvalue weighted by Crippen LogP contribution is 2.34. The molecule has 1 N–H and O–H groups in total. The first-order chi connectivity index (χ1) is 20.9. The number of carbonyl (C=O) groups excluding carboxylic acids is 1. The van der Waals surface area contributed by atoms with Gasteiger partial charge >= 0.3 is 0 Å². The van der Waals surface area contributed by atoms with Gasteiger partial charge in [-0.1, -0.05) is 167 Å². The maximum absolute atomic E-state index is 13.9. The number of amides is 1. The molecule has 0 bridgehead atoms. The van der Waals surface area contributed by atoms with E-state index in [1.54, 1.807) is 4.80 Å². The minimum absolute atomic E-state index is 0.128. The van der Waals surface area contributed by atoms with E-state index in [1.807, 2.05) is 30.3 Å². The van der Waals surface area contributed by atoms with Crippen molar-refractivity contribution in [3.63, 3.8) is 0 Å². The van der Waals surface area contributed by atoms with Crippen LogP contribution in [0.2, 0.25) is 0 Å². The molecule has 43 heavy (non-hydrogen) atoms. The summed E-state index contributed by atoms with van der Waals surface area (Å²) in [6.45, 7) is 11.6. The maximum atomic E-state index is 13.9. The van der Waals surface area contributed by atoms with Crippen molar-refractivity contribution in [2.24, 2.45) is 0 Å². The minimum Gasteiger partial charge on any atom is -0.325 e. The van der Waals surface area contributed by atoms with Crippen molar-refractivity contribution in [3.05, 3.63) is 71.0 Å². The summed E-state index contributed by atoms with van der Waals surface area (Å²) in [5, 5.41) is 16.7. The fourth-order valence-electron chi connectivity index (χ4n) is 5.87. The molecular weight excluding hydrogens is 530 g/mol. The molecule has 1 atom stereocenters. The van der Waals surface area contributed by atoms with Gasteiger partial charge in [0.05, 0.1) is 6.54 Å². The van der Waals surface area contributed by atoms with E-state index >= 15 is 0 Å². The van der Waals surface area contributed by atoms with Crippen LogP contribution < -0.4 is 5.32 Å². The Hall–Kier alpha value is -3.02. The quantitative estimate of drug-likeness (QED) is 0.126. The third-order valence-electron chi connectivity index (χ3n) is 8.45. The van der Waals surface area contributed by atoms with E-state index in [9.17, 15) is 4.79 Å². The predicted octanol–water partition coefficient (Wildman–Crippen LogP) is 10.2. The van der Waals surface area contributed by atoms with E-state index < -0.39 is 5.92 Å². The Labute approximate surface area is 261 Å². The van der Waals surface area contributed by atoms with E-state index in [4.69, 9.17) is 5.10 Å². The van der Waals surface area contributed by atoms with Crippen LogP contribution in [0, 0.1) is 0 Å². The third-order valence-corrected chi connectivity index (χ3v) is 8.45. The van der Waals surface area contributed by atoms with Crippen molar-refractivity contribution in [2.45, 2.75) is 149 Å². The summed E-state index contributed by atoms with van der Waals surface area (Å²) in [7, 11) is 0. The van der Waals surface area contributed by atoms with Crippen molar-refractivity contribution in [1.29, 1.82) is 0 Å². The lowest BCUT2D eigenvalue weighted by atomic mass is 9.91. The third kappa shape index (κ3) is 11.5. The molecule has 0 saturated carbocycles. The Morgan fingerprint density at radius 3 is 1.72 bits per heavy atom. The van der Waals surface area contributed by atoms with Gasteiger partial charge in [0.1, 0.15) is 5.92 Å². The van der Waals surface area contributed by atoms with Gasteiger partial charge < -0.3 is 5.32 Å². The summed E-state index contributed by atoms with van der Waals surface area (Å²) in [6.07, 6.45) is 18.6. The number of tetrazole rings is 1. The van der Waals surface area contributed by atoms with Gasteiger partial charge in [-0.3, -0.25) is 4.79 Å². The minimum atomic E-state index is -0.633. The molecule has 0 aliphatic rings. The second kappa shape index (κ2) is 19.3. The molecule has 1 amide bonds. The molecule has 6 heteroatoms. The number of anilines is 1. The topological polar surface area (TPSA) is 72.7 Å². The summed E-state index contributed by atoms with van der Waals surface area (Å²) in [6, 6.07) is 16.1. The van der Waals surface area contributed by atoms with E-state index in [0.29, 0.717) is 5.82 Å². The van der Waals surface area contributed by atoms with Gasteiger partial charge in [-0.15, -0.1) is 10.2 Å². The lowest BCUT2D eigenvalue weighted by Gasteiger charge is -2.22. The molecule has 0 radical (unpaired) electrons. The molecule has 1 aromatic heterocycles. The number of rotatable bonds is 21. The molecular formula is C37H57N5O. The van der Waals surface area contributed by atoms with Gasteiger partial charge in [-0.05, 0) is 40.2 Å². The zero-order valence-electron chi connectivity index (χ0n) is 27.7. The lowest BCUT2D eigenvalue weighted by Crippen LogP contribution is -2.25. The Morgan fingerprint density at radius 1 is 0.698 bits per heavy atom. The van der Waals surface area contributed by atoms with Crippen LogP contribution >= 0.6 is 0 Å². The Kier molecular flexibility index (Phi) is 15.5. The molecule has 0 saturated heterocycles. The number of unbranched alkanes of at least 4 members (excludes halogenated alkanes) is 13. The summed E-state index contributed by atoms with van der Waals surface area (Å²) in [5.74, 6) is 0.257. The standard InChI is InChI=1S/C37H57N5O/c1-6-7-8-9-10-11-12-13-14-15-16-17-18-22-28-42-40-36(39-41-42)34(31-24-20-19-21-25-31)37(43)38-35-32(29(2)3)26-23-27-33(35)30(4)5/h19-21,23-27,29-30,34H,6-18,22,28H2,1-5H3,(H,38,43). The van der Waals surface area contributed by atoms with Crippen LogP contribution in [0.4, 0.5) is 5.69 Å². The number of nitrogens with one attached hydrogen (secondary N) is 1. The highest BCUT2D eigenvalue weighted by molar-refractivity contribution is 5.99. The average Bonchev–Trinajstić information content (AvgIpc) is 3.46. The van der Waals surface area contributed by atoms with Crippen LogP contribution in [0.25, 0.3) is 0 Å². The van der Waals surface area contributed by atoms with Crippen molar-refractivity contribution in [3.8, 4) is 0 Å². The first-order valence-electron chi connectivity index (χ1n) is 17.2. The number of nitrogens with zero attached hydrogens (tertiary/aromatic N) is 4. The largest absolute Gasteiger partial charge is 0.325 e. The molecule has 1 unspecified atom stereocenters. The molecule has 2 aromatic carbocycles. The molecule has 0 spiro atoms. The predicted molar refractivity (Wildman–Crippen MR) is 180 cm³/mol. The van der Waals surface area contributed by atoms with Crippen molar-refractivity contribution >= 4 is 11.6 Å². The molecule has 1 heterocycles. The SMILES string of the molecule is CCCCCCCCCCCCCCCCn1nnc(C(C(=O)Nc2c(C(C)C)cccc2C(C)C)c2ccccc2)n1. The highest BCUT2D eigenvalue weighted by atomic mass is 16.2. The molecule has 0 aliphatic heterocycles. The normalized spacial score (nSPS) is 12.3. The zero-order chi connectivity index (χ0) is 30.9. The first kappa shape index (κ1) is 34.5. The van der Waals surface area contributed by atoms with Gasteiger partial charge in [0.15, 0.2) is 5.82 Å². The second-order valence-electron chi connectivity index (χ2n) is 12.8. The average molecular weight is 588 g/mol. The van der Waals surface area contributed by atoms with E-state index in [-0.39, 0.29) is 17.7 Å². The maximum Gasteiger partial charge on any atom is 0.239 e. The van der Waals surface area contributed by atoms with Crippen LogP contribution in [0.3, 0.4) is 0 Å². The molecule has 3 aromatic rings. The van der Waals surface area contributed by atoms with Crippen LogP contribution in [-0.4, -0.2) is 26.1 Å². The summed E-state index contributed by atoms with van der Waals surface area (Å²) in [4.78, 5) is 15.6. The second-order valence-corrected chi connectivity index (χ2v) is 12.8. The smallest absolute Gasteiger partial charge is 0.239 e. The molecule has 0 fully saturated rings. The van der Waals surface area contributed by atoms with Gasteiger partial charge in [-0.2, -0.15) is 4.80 Å². The van der Waals surface area contributed by atoms with Crippen LogP contribution in [-0.2, 0) is 11.3 Å². The lowest BCUT2D eigenvalue weighted by molar-refractivity contribution is -0.116. The van der Waals surface area contributed by atoms with Gasteiger partial charge in [0.2, 0.25) is 5.91 Å². The van der Waals surface area contributed by atoms with Crippen LogP contribution in [0.1, 0.15) is 165 Å². The number of hydrogen-bond acceptors (Lipinski definition) is 4. The molecule has 6 nitrogen and oxygen atoms in total. The summed E-state index contributed by atoms with van der Waals surface area (Å²) in [5.41, 5.74) is 4.05. The van der Waals surface area contributed by atoms with Gasteiger partial charge in [0, 0.05) is 5.69 Å². The fourth-order valence-corrected chi connectivity index (χ4v) is 5.87. The van der Waals surface area contributed by atoms with Crippen molar-refractivity contribution in [2.75, 3.05) is 5.32 Å². The number of benzene rings is 2. The zero-order valence-corrected chi connectivity index (χ0v) is 27.7. The summed E-state index contributed by atoms with van der Waals surface area (Å²) >= 11 is 0. The summed E-state index contributed by atoms with van der Waals surface area (Å²) < 4.78 is 0. The van der Waals surface area contributed by atoms with Crippen molar-refractivity contribution in [1.82, 2.24) is 20.2 Å². The number of para-hydroxylation sites is 1. The Bertz CT molecular complexity index is 1160. The van der Waals surface area contributed by atoms with Crippen molar-refractivity contribution < 1.29 is 4.79 Å². The number of hydrogen-bond donors (Lipinski definition) is 1. The van der Waals surface area contributed by atoms with E-state index in [2.05, 4.69) is 68.4 Å². The van der Waals surface area contributed by atoms with Crippen LogP contribution in [0.5, 0.6) is 0 Å². The Balaban J connectivity index is 1.51. The fraction of sp³-hybridized carbons (Fsp3) is 0.622. The van der Waals surface area contributed by atoms with E-state index in [0.717, 1.165) is 35.3 Å². The monoisotopic (exact) mass is 587 g/mol. The highest BCUT2D eigenvalue weighted by Gasteiger charge is 2.29. The number of aryl methyl sites for hydroxylation is 1. The number of aromatic nitrogens is 4. The Morgan fingerprint density at radius 2 is 1.21 bits per heavy atom. The molecule has 0 aliphatic carbocycles. The van der Waals surface area contributed by atoms with Gasteiger partial charge in [-0.25, -0.2) is 0 Å². The van der Waals surface area contributed by atoms with E-state index in [1.165, 1.54) is 83.5 Å². The first-order valence-corrected chi connectivity index (χ1v) is 17.2. The molecule has 3 rings (SSSR count). The number of carbonyl (C=O) groups is 1. The molecule has 236 valence electrons.